The normalized spacial score (nSPS) is 18.6. The van der Waals surface area contributed by atoms with E-state index >= 15 is 0 Å². The molecule has 0 aliphatic carbocycles. The second-order valence-electron chi connectivity index (χ2n) is 6.10. The van der Waals surface area contributed by atoms with Crippen molar-refractivity contribution >= 4 is 56.0 Å². The number of hydrogen-bond donors (Lipinski definition) is 1. The Bertz CT molecular complexity index is 749. The third-order valence-corrected chi connectivity index (χ3v) is 6.98. The molecular formula is C14H20N4NaO8S3-. The van der Waals surface area contributed by atoms with E-state index in [2.05, 4.69) is 20.4 Å². The van der Waals surface area contributed by atoms with Crippen molar-refractivity contribution in [3.63, 3.8) is 0 Å². The molecule has 0 aromatic rings. The smallest absolute Gasteiger partial charge is 0.870 e. The molecule has 3 amide bonds. The molecule has 0 aromatic carbocycles. The van der Waals surface area contributed by atoms with E-state index in [1.165, 1.54) is 21.6 Å². The Morgan fingerprint density at radius 1 is 1.23 bits per heavy atom. The molecule has 16 heteroatoms. The summed E-state index contributed by atoms with van der Waals surface area (Å²) in [7, 11) is 0.0789. The minimum atomic E-state index is -2.74. The van der Waals surface area contributed by atoms with Crippen LogP contribution in [0.3, 0.4) is 0 Å². The van der Waals surface area contributed by atoms with Gasteiger partial charge < -0.3 is 24.0 Å². The van der Waals surface area contributed by atoms with Crippen LogP contribution in [0, 0.1) is 0 Å². The first kappa shape index (κ1) is 29.3. The van der Waals surface area contributed by atoms with Gasteiger partial charge in [0.25, 0.3) is 11.8 Å². The van der Waals surface area contributed by atoms with Crippen LogP contribution in [0.5, 0.6) is 0 Å². The summed E-state index contributed by atoms with van der Waals surface area (Å²) in [5.74, 6) is -1.77. The maximum absolute atomic E-state index is 11.7. The number of imide groups is 1. The van der Waals surface area contributed by atoms with Gasteiger partial charge in [0.05, 0.1) is 6.42 Å². The first-order chi connectivity index (χ1) is 13.2. The summed E-state index contributed by atoms with van der Waals surface area (Å²) in [6.07, 6.45) is 0.372. The molecule has 2 aliphatic rings. The van der Waals surface area contributed by atoms with E-state index in [0.29, 0.717) is 30.9 Å². The second-order valence-corrected chi connectivity index (χ2v) is 9.90. The number of hydrogen-bond acceptors (Lipinski definition) is 13. The van der Waals surface area contributed by atoms with Gasteiger partial charge in [-0.2, -0.15) is 10.2 Å². The van der Waals surface area contributed by atoms with Crippen LogP contribution in [-0.2, 0) is 43.1 Å². The number of nitrogens with zero attached hydrogens (tertiary/aromatic N) is 3. The Balaban J connectivity index is 0.00000420. The number of hydroxylamine groups is 2. The molecule has 0 radical (unpaired) electrons. The minimum absolute atomic E-state index is 0. The van der Waals surface area contributed by atoms with E-state index in [1.54, 1.807) is 0 Å². The zero-order valence-corrected chi connectivity index (χ0v) is 20.8. The van der Waals surface area contributed by atoms with Gasteiger partial charge in [0.1, 0.15) is 0 Å². The predicted molar refractivity (Wildman–Crippen MR) is 102 cm³/mol. The SMILES string of the molecule is CC1(CCC(=O)NCCSSCCC(=O)ON2C(=O)CC([S-](=O)=O)C2=O)N=N1.[Na+].[OH-]. The quantitative estimate of drug-likeness (QED) is 0.101. The van der Waals surface area contributed by atoms with Gasteiger partial charge in [0, 0.05) is 42.6 Å². The van der Waals surface area contributed by atoms with Crippen molar-refractivity contribution in [3.8, 4) is 0 Å². The Morgan fingerprint density at radius 3 is 2.43 bits per heavy atom. The number of amides is 3. The standard InChI is InChI=1S/C14H19N4O7S3.Na.H2O/c1-14(16-17-14)4-2-10(19)15-5-7-27-26-6-3-12(21)25-18-11(20)8-9(13(18)22)28(23)24;;/h9H,2-8H2,1H3,(H,15,19);;1H2/q-1;+1;/p-1. The topological polar surface area (TPSA) is 182 Å². The van der Waals surface area contributed by atoms with Crippen molar-refractivity contribution in [2.45, 2.75) is 43.5 Å². The van der Waals surface area contributed by atoms with Crippen LogP contribution in [0.25, 0.3) is 0 Å². The van der Waals surface area contributed by atoms with Crippen LogP contribution < -0.4 is 34.9 Å². The second kappa shape index (κ2) is 13.6. The van der Waals surface area contributed by atoms with Crippen molar-refractivity contribution in [3.05, 3.63) is 0 Å². The molecule has 0 saturated carbocycles. The first-order valence-corrected chi connectivity index (χ1v) is 12.0. The summed E-state index contributed by atoms with van der Waals surface area (Å²) >= 11 is 0. The van der Waals surface area contributed by atoms with Crippen LogP contribution in [0.4, 0.5) is 0 Å². The number of carbonyl (C=O) groups is 4. The summed E-state index contributed by atoms with van der Waals surface area (Å²) in [5.41, 5.74) is -0.381. The Kier molecular flexibility index (Phi) is 13.3. The van der Waals surface area contributed by atoms with E-state index in [0.717, 1.165) is 0 Å². The van der Waals surface area contributed by atoms with E-state index in [9.17, 15) is 27.6 Å². The molecule has 12 nitrogen and oxygen atoms in total. The van der Waals surface area contributed by atoms with Gasteiger partial charge in [-0.3, -0.25) is 14.4 Å². The molecule has 2 heterocycles. The molecule has 0 bridgehead atoms. The molecule has 1 unspecified atom stereocenters. The van der Waals surface area contributed by atoms with E-state index < -0.39 is 40.2 Å². The van der Waals surface area contributed by atoms with Gasteiger partial charge in [0.2, 0.25) is 5.91 Å². The average molecular weight is 492 g/mol. The molecule has 2 aliphatic heterocycles. The van der Waals surface area contributed by atoms with E-state index in [1.807, 2.05) is 6.92 Å². The van der Waals surface area contributed by atoms with E-state index in [4.69, 9.17) is 0 Å². The summed E-state index contributed by atoms with van der Waals surface area (Å²) < 4.78 is 21.7. The molecule has 0 spiro atoms. The fraction of sp³-hybridized carbons (Fsp3) is 0.714. The van der Waals surface area contributed by atoms with Gasteiger partial charge in [0.15, 0.2) is 5.66 Å². The first-order valence-electron chi connectivity index (χ1n) is 8.33. The van der Waals surface area contributed by atoms with E-state index in [-0.39, 0.29) is 58.1 Å². The van der Waals surface area contributed by atoms with Gasteiger partial charge >= 0.3 is 35.5 Å². The van der Waals surface area contributed by atoms with Gasteiger partial charge in [-0.15, -0.1) is 5.06 Å². The van der Waals surface area contributed by atoms with Crippen LogP contribution in [-0.4, -0.2) is 63.2 Å². The van der Waals surface area contributed by atoms with Crippen molar-refractivity contribution in [1.29, 1.82) is 0 Å². The molecule has 1 fully saturated rings. The minimum Gasteiger partial charge on any atom is -0.870 e. The number of carbonyl (C=O) groups excluding carboxylic acids is 4. The average Bonchev–Trinajstić information content (AvgIpc) is 3.31. The number of rotatable bonds is 12. The molecule has 0 aromatic heterocycles. The Hall–Kier alpha value is -0.710. The van der Waals surface area contributed by atoms with Crippen molar-refractivity contribution in [2.75, 3.05) is 18.1 Å². The Morgan fingerprint density at radius 2 is 1.87 bits per heavy atom. The molecule has 30 heavy (non-hydrogen) atoms. The van der Waals surface area contributed by atoms with Crippen LogP contribution in [0.15, 0.2) is 10.2 Å². The summed E-state index contributed by atoms with van der Waals surface area (Å²) in [6, 6.07) is 0. The van der Waals surface area contributed by atoms with Crippen LogP contribution in [0.2, 0.25) is 0 Å². The maximum atomic E-state index is 11.7. The molecule has 164 valence electrons. The molecule has 2 N–H and O–H groups in total. The van der Waals surface area contributed by atoms with Gasteiger partial charge in [-0.05, 0) is 6.92 Å². The van der Waals surface area contributed by atoms with Gasteiger partial charge in [-0.25, -0.2) is 4.79 Å². The van der Waals surface area contributed by atoms with Crippen LogP contribution in [0.1, 0.15) is 32.6 Å². The molecule has 1 saturated heterocycles. The summed E-state index contributed by atoms with van der Waals surface area (Å²) in [5, 5.41) is 9.16. The largest absolute Gasteiger partial charge is 1.00 e. The summed E-state index contributed by atoms with van der Waals surface area (Å²) in [6.45, 7) is 2.34. The zero-order valence-electron chi connectivity index (χ0n) is 16.4. The maximum Gasteiger partial charge on any atom is 1.00 e. The molecule has 2 rings (SSSR count). The summed E-state index contributed by atoms with van der Waals surface area (Å²) in [4.78, 5) is 51.2. The number of nitrogens with one attached hydrogen (secondary N) is 1. The van der Waals surface area contributed by atoms with Crippen molar-refractivity contribution in [1.82, 2.24) is 10.4 Å². The fourth-order valence-corrected chi connectivity index (χ4v) is 4.49. The van der Waals surface area contributed by atoms with Crippen molar-refractivity contribution in [2.24, 2.45) is 10.2 Å². The molecular weight excluding hydrogens is 471 g/mol. The zero-order chi connectivity index (χ0) is 20.7. The third-order valence-electron chi connectivity index (χ3n) is 3.74. The van der Waals surface area contributed by atoms with Gasteiger partial charge in [-0.1, -0.05) is 32.3 Å². The van der Waals surface area contributed by atoms with Crippen LogP contribution >= 0.6 is 21.6 Å². The van der Waals surface area contributed by atoms with Crippen molar-refractivity contribution < 1.29 is 67.5 Å². The monoisotopic (exact) mass is 491 g/mol. The molecule has 1 atom stereocenters. The fourth-order valence-electron chi connectivity index (χ4n) is 2.08. The third kappa shape index (κ3) is 9.62. The predicted octanol–water partition coefficient (Wildman–Crippen LogP) is -2.44. The Labute approximate surface area is 204 Å².